The molecule has 0 atom stereocenters. The first-order valence-corrected chi connectivity index (χ1v) is 7.92. The van der Waals surface area contributed by atoms with E-state index in [0.717, 1.165) is 29.7 Å². The molecule has 1 aliphatic carbocycles. The number of carbonyl (C=O) groups is 1. The lowest BCUT2D eigenvalue weighted by Crippen LogP contribution is -2.13. The van der Waals surface area contributed by atoms with E-state index in [4.69, 9.17) is 4.74 Å². The standard InChI is InChI=1S/C17H13IO2/c18-12-4-5-13-11(6-12)9-20-17-8-14-10(7-15(13)17)2-1-3-16(14)19/h4-8H,1-3,9H2. The highest BCUT2D eigenvalue weighted by atomic mass is 127. The van der Waals surface area contributed by atoms with Gasteiger partial charge in [0.15, 0.2) is 5.78 Å². The van der Waals surface area contributed by atoms with Crippen molar-refractivity contribution in [3.8, 4) is 16.9 Å². The SMILES string of the molecule is O=C1CCCc2cc3c(cc21)OCc1cc(I)ccc1-3. The predicted molar refractivity (Wildman–Crippen MR) is 86.2 cm³/mol. The Bertz CT molecular complexity index is 734. The Morgan fingerprint density at radius 3 is 2.75 bits per heavy atom. The van der Waals surface area contributed by atoms with Crippen LogP contribution in [0.4, 0.5) is 0 Å². The molecule has 3 heteroatoms. The molecule has 0 radical (unpaired) electrons. The van der Waals surface area contributed by atoms with Gasteiger partial charge in [0.2, 0.25) is 0 Å². The maximum absolute atomic E-state index is 12.0. The number of hydrogen-bond donors (Lipinski definition) is 0. The summed E-state index contributed by atoms with van der Waals surface area (Å²) >= 11 is 2.32. The summed E-state index contributed by atoms with van der Waals surface area (Å²) in [6, 6.07) is 10.6. The monoisotopic (exact) mass is 376 g/mol. The van der Waals surface area contributed by atoms with Crippen LogP contribution in [0, 0.1) is 3.57 Å². The Morgan fingerprint density at radius 1 is 0.950 bits per heavy atom. The van der Waals surface area contributed by atoms with Crippen LogP contribution in [0.1, 0.15) is 34.3 Å². The van der Waals surface area contributed by atoms with Crippen LogP contribution in [0.15, 0.2) is 30.3 Å². The van der Waals surface area contributed by atoms with E-state index < -0.39 is 0 Å². The molecule has 2 aromatic rings. The lowest BCUT2D eigenvalue weighted by Gasteiger charge is -2.24. The molecule has 0 fully saturated rings. The Kier molecular flexibility index (Phi) is 2.84. The first-order chi connectivity index (χ1) is 9.72. The molecule has 0 spiro atoms. The van der Waals surface area contributed by atoms with Crippen molar-refractivity contribution in [1.29, 1.82) is 0 Å². The van der Waals surface area contributed by atoms with Crippen LogP contribution in [0.3, 0.4) is 0 Å². The van der Waals surface area contributed by atoms with Gasteiger partial charge in [-0.05, 0) is 76.4 Å². The minimum atomic E-state index is 0.256. The number of benzene rings is 2. The molecule has 0 N–H and O–H groups in total. The fraction of sp³-hybridized carbons (Fsp3) is 0.235. The van der Waals surface area contributed by atoms with Crippen molar-refractivity contribution in [1.82, 2.24) is 0 Å². The van der Waals surface area contributed by atoms with E-state index in [1.165, 1.54) is 20.3 Å². The fourth-order valence-electron chi connectivity index (χ4n) is 3.09. The molecule has 0 unspecified atom stereocenters. The van der Waals surface area contributed by atoms with Crippen LogP contribution in [0.5, 0.6) is 5.75 Å². The largest absolute Gasteiger partial charge is 0.488 e. The number of aryl methyl sites for hydroxylation is 1. The van der Waals surface area contributed by atoms with E-state index in [-0.39, 0.29) is 5.78 Å². The van der Waals surface area contributed by atoms with Gasteiger partial charge in [0.25, 0.3) is 0 Å². The van der Waals surface area contributed by atoms with Crippen molar-refractivity contribution in [2.75, 3.05) is 0 Å². The molecule has 2 nitrogen and oxygen atoms in total. The molecule has 20 heavy (non-hydrogen) atoms. The van der Waals surface area contributed by atoms with Gasteiger partial charge in [0, 0.05) is 21.1 Å². The third-order valence-electron chi connectivity index (χ3n) is 4.10. The van der Waals surface area contributed by atoms with Gasteiger partial charge in [-0.2, -0.15) is 0 Å². The normalized spacial score (nSPS) is 15.9. The minimum Gasteiger partial charge on any atom is -0.488 e. The molecular formula is C17H13IO2. The lowest BCUT2D eigenvalue weighted by atomic mass is 9.86. The molecule has 0 saturated carbocycles. The number of hydrogen-bond acceptors (Lipinski definition) is 2. The van der Waals surface area contributed by atoms with Crippen LogP contribution in [0.25, 0.3) is 11.1 Å². The predicted octanol–water partition coefficient (Wildman–Crippen LogP) is 4.37. The zero-order valence-electron chi connectivity index (χ0n) is 10.9. The minimum absolute atomic E-state index is 0.256. The maximum Gasteiger partial charge on any atom is 0.163 e. The summed E-state index contributed by atoms with van der Waals surface area (Å²) in [7, 11) is 0. The second kappa shape index (κ2) is 4.58. The average Bonchev–Trinajstić information content (AvgIpc) is 2.45. The van der Waals surface area contributed by atoms with Crippen LogP contribution in [-0.2, 0) is 13.0 Å². The van der Waals surface area contributed by atoms with E-state index in [1.807, 2.05) is 6.07 Å². The highest BCUT2D eigenvalue weighted by molar-refractivity contribution is 14.1. The second-order valence-electron chi connectivity index (χ2n) is 5.37. The van der Waals surface area contributed by atoms with Crippen molar-refractivity contribution >= 4 is 28.4 Å². The van der Waals surface area contributed by atoms with Gasteiger partial charge >= 0.3 is 0 Å². The molecule has 1 heterocycles. The highest BCUT2D eigenvalue weighted by Gasteiger charge is 2.24. The van der Waals surface area contributed by atoms with Crippen molar-refractivity contribution in [3.63, 3.8) is 0 Å². The number of ketones is 1. The summed E-state index contributed by atoms with van der Waals surface area (Å²) in [6.07, 6.45) is 2.62. The smallest absolute Gasteiger partial charge is 0.163 e. The molecule has 2 aliphatic rings. The summed E-state index contributed by atoms with van der Waals surface area (Å²) in [5, 5.41) is 0. The third kappa shape index (κ3) is 1.87. The number of rotatable bonds is 0. The zero-order valence-corrected chi connectivity index (χ0v) is 13.1. The molecule has 1 aliphatic heterocycles. The fourth-order valence-corrected chi connectivity index (χ4v) is 3.65. The zero-order chi connectivity index (χ0) is 13.7. The number of carbonyl (C=O) groups excluding carboxylic acids is 1. The third-order valence-corrected chi connectivity index (χ3v) is 4.77. The van der Waals surface area contributed by atoms with Crippen molar-refractivity contribution in [3.05, 3.63) is 50.6 Å². The van der Waals surface area contributed by atoms with Crippen molar-refractivity contribution in [2.45, 2.75) is 25.9 Å². The van der Waals surface area contributed by atoms with E-state index in [0.29, 0.717) is 13.0 Å². The molecular weight excluding hydrogens is 363 g/mol. The number of fused-ring (bicyclic) bond motifs is 4. The molecule has 0 saturated heterocycles. The molecule has 0 aromatic heterocycles. The van der Waals surface area contributed by atoms with Crippen LogP contribution >= 0.6 is 22.6 Å². The summed E-state index contributed by atoms with van der Waals surface area (Å²) < 4.78 is 7.09. The maximum atomic E-state index is 12.0. The van der Waals surface area contributed by atoms with Crippen LogP contribution in [0.2, 0.25) is 0 Å². The van der Waals surface area contributed by atoms with Gasteiger partial charge in [0.05, 0.1) is 0 Å². The van der Waals surface area contributed by atoms with Gasteiger partial charge in [0.1, 0.15) is 12.4 Å². The van der Waals surface area contributed by atoms with Gasteiger partial charge in [-0.1, -0.05) is 6.07 Å². The molecule has 100 valence electrons. The van der Waals surface area contributed by atoms with Gasteiger partial charge in [-0.3, -0.25) is 4.79 Å². The molecule has 2 aromatic carbocycles. The molecule has 4 rings (SSSR count). The Labute approximate surface area is 131 Å². The van der Waals surface area contributed by atoms with Crippen LogP contribution in [-0.4, -0.2) is 5.78 Å². The van der Waals surface area contributed by atoms with Gasteiger partial charge < -0.3 is 4.74 Å². The number of halogens is 1. The van der Waals surface area contributed by atoms with Crippen molar-refractivity contribution in [2.24, 2.45) is 0 Å². The summed E-state index contributed by atoms with van der Waals surface area (Å²) in [5.41, 5.74) is 5.65. The van der Waals surface area contributed by atoms with E-state index >= 15 is 0 Å². The Balaban J connectivity index is 1.93. The molecule has 0 amide bonds. The first kappa shape index (κ1) is 12.4. The summed E-state index contributed by atoms with van der Waals surface area (Å²) in [6.45, 7) is 0.589. The number of Topliss-reactive ketones (excluding diaryl/α,β-unsaturated/α-hetero) is 1. The Hall–Kier alpha value is -1.36. The first-order valence-electron chi connectivity index (χ1n) is 6.84. The van der Waals surface area contributed by atoms with E-state index in [1.54, 1.807) is 0 Å². The van der Waals surface area contributed by atoms with Gasteiger partial charge in [-0.15, -0.1) is 0 Å². The number of ether oxygens (including phenoxy) is 1. The topological polar surface area (TPSA) is 26.3 Å². The average molecular weight is 376 g/mol. The lowest BCUT2D eigenvalue weighted by molar-refractivity contribution is 0.0972. The van der Waals surface area contributed by atoms with E-state index in [2.05, 4.69) is 46.9 Å². The van der Waals surface area contributed by atoms with E-state index in [9.17, 15) is 4.79 Å². The summed E-state index contributed by atoms with van der Waals surface area (Å²) in [5.74, 6) is 1.11. The molecule has 0 bridgehead atoms. The van der Waals surface area contributed by atoms with Gasteiger partial charge in [-0.25, -0.2) is 0 Å². The van der Waals surface area contributed by atoms with Crippen molar-refractivity contribution < 1.29 is 9.53 Å². The highest BCUT2D eigenvalue weighted by Crippen LogP contribution is 2.41. The van der Waals surface area contributed by atoms with Crippen LogP contribution < -0.4 is 4.74 Å². The summed E-state index contributed by atoms with van der Waals surface area (Å²) in [4.78, 5) is 12.0. The Morgan fingerprint density at radius 2 is 1.85 bits per heavy atom. The second-order valence-corrected chi connectivity index (χ2v) is 6.62. The quantitative estimate of drug-likeness (QED) is 0.639.